The second kappa shape index (κ2) is 7.49. The third-order valence-electron chi connectivity index (χ3n) is 4.74. The Balaban J connectivity index is 1.37. The standard InChI is InChI=1S/C20H18O8/c21-19(22)11-1-5-13(6-2-11)27-15-9-25-18-16(10-26-17(15)18)28-14-7-3-12(4-8-14)20(23)24/h1-8,15-18H,9-10H2,(H,21,22)(H,23,24)/t15-,16+,17-,18-/m1/s1. The maximum Gasteiger partial charge on any atom is 0.335 e. The number of hydrogen-bond acceptors (Lipinski definition) is 6. The van der Waals surface area contributed by atoms with Crippen LogP contribution in [-0.4, -0.2) is 59.8 Å². The van der Waals surface area contributed by atoms with Crippen LogP contribution in [0.5, 0.6) is 11.5 Å². The second-order valence-corrected chi connectivity index (χ2v) is 6.57. The number of fused-ring (bicyclic) bond motifs is 1. The quantitative estimate of drug-likeness (QED) is 0.776. The van der Waals surface area contributed by atoms with Gasteiger partial charge in [0.15, 0.2) is 12.2 Å². The first-order chi connectivity index (χ1) is 13.5. The van der Waals surface area contributed by atoms with Crippen molar-refractivity contribution in [3.8, 4) is 11.5 Å². The smallest absolute Gasteiger partial charge is 0.335 e. The third-order valence-corrected chi connectivity index (χ3v) is 4.74. The van der Waals surface area contributed by atoms with Crippen molar-refractivity contribution >= 4 is 11.9 Å². The monoisotopic (exact) mass is 386 g/mol. The molecule has 2 aliphatic rings. The Hall–Kier alpha value is -3.10. The van der Waals surface area contributed by atoms with Crippen LogP contribution in [0.25, 0.3) is 0 Å². The van der Waals surface area contributed by atoms with Crippen LogP contribution in [0.3, 0.4) is 0 Å². The Morgan fingerprint density at radius 3 is 1.39 bits per heavy atom. The molecular weight excluding hydrogens is 368 g/mol. The molecule has 0 saturated carbocycles. The molecule has 2 saturated heterocycles. The highest BCUT2D eigenvalue weighted by Gasteiger charge is 2.50. The van der Waals surface area contributed by atoms with Crippen LogP contribution in [0.1, 0.15) is 20.7 Å². The van der Waals surface area contributed by atoms with Crippen LogP contribution in [0, 0.1) is 0 Å². The van der Waals surface area contributed by atoms with E-state index >= 15 is 0 Å². The third kappa shape index (κ3) is 3.64. The van der Waals surface area contributed by atoms with E-state index in [0.717, 1.165) is 0 Å². The minimum Gasteiger partial charge on any atom is -0.485 e. The van der Waals surface area contributed by atoms with Gasteiger partial charge in [-0.25, -0.2) is 9.59 Å². The van der Waals surface area contributed by atoms with Crippen LogP contribution in [0.4, 0.5) is 0 Å². The van der Waals surface area contributed by atoms with Crippen molar-refractivity contribution in [1.29, 1.82) is 0 Å². The molecule has 28 heavy (non-hydrogen) atoms. The summed E-state index contributed by atoms with van der Waals surface area (Å²) in [7, 11) is 0. The molecule has 8 heteroatoms. The van der Waals surface area contributed by atoms with Gasteiger partial charge < -0.3 is 29.2 Å². The van der Waals surface area contributed by atoms with Gasteiger partial charge >= 0.3 is 11.9 Å². The normalized spacial score (nSPS) is 25.9. The fraction of sp³-hybridized carbons (Fsp3) is 0.300. The van der Waals surface area contributed by atoms with E-state index in [-0.39, 0.29) is 35.5 Å². The molecule has 2 N–H and O–H groups in total. The van der Waals surface area contributed by atoms with E-state index in [0.29, 0.717) is 24.7 Å². The summed E-state index contributed by atoms with van der Waals surface area (Å²) in [5.41, 5.74) is 0.375. The molecule has 0 spiro atoms. The first-order valence-corrected chi connectivity index (χ1v) is 8.74. The topological polar surface area (TPSA) is 112 Å². The zero-order valence-corrected chi connectivity index (χ0v) is 14.7. The number of aromatic carboxylic acids is 2. The fourth-order valence-corrected chi connectivity index (χ4v) is 3.33. The molecule has 4 rings (SSSR count). The van der Waals surface area contributed by atoms with Crippen molar-refractivity contribution < 1.29 is 38.7 Å². The minimum absolute atomic E-state index is 0.187. The van der Waals surface area contributed by atoms with Gasteiger partial charge in [-0.05, 0) is 48.5 Å². The maximum atomic E-state index is 10.9. The van der Waals surface area contributed by atoms with Crippen molar-refractivity contribution in [2.75, 3.05) is 13.2 Å². The van der Waals surface area contributed by atoms with Crippen molar-refractivity contribution in [3.63, 3.8) is 0 Å². The molecule has 0 bridgehead atoms. The van der Waals surface area contributed by atoms with E-state index in [2.05, 4.69) is 0 Å². The van der Waals surface area contributed by atoms with Gasteiger partial charge in [-0.15, -0.1) is 0 Å². The summed E-state index contributed by atoms with van der Waals surface area (Å²) in [6.45, 7) is 0.654. The maximum absolute atomic E-state index is 10.9. The highest BCUT2D eigenvalue weighted by atomic mass is 16.6. The largest absolute Gasteiger partial charge is 0.485 e. The molecule has 0 aliphatic carbocycles. The van der Waals surface area contributed by atoms with Crippen LogP contribution >= 0.6 is 0 Å². The molecule has 2 heterocycles. The van der Waals surface area contributed by atoms with Gasteiger partial charge in [-0.2, -0.15) is 0 Å². The van der Waals surface area contributed by atoms with Crippen molar-refractivity contribution in [1.82, 2.24) is 0 Å². The van der Waals surface area contributed by atoms with Gasteiger partial charge in [0.1, 0.15) is 23.7 Å². The lowest BCUT2D eigenvalue weighted by Gasteiger charge is -2.18. The number of carbonyl (C=O) groups is 2. The Labute approximate surface area is 160 Å². The highest BCUT2D eigenvalue weighted by molar-refractivity contribution is 5.88. The van der Waals surface area contributed by atoms with Gasteiger partial charge in [0.25, 0.3) is 0 Å². The van der Waals surface area contributed by atoms with Gasteiger partial charge in [-0.1, -0.05) is 0 Å². The van der Waals surface area contributed by atoms with E-state index in [1.165, 1.54) is 24.3 Å². The molecule has 0 amide bonds. The zero-order valence-electron chi connectivity index (χ0n) is 14.7. The number of hydrogen-bond donors (Lipinski definition) is 2. The first kappa shape index (κ1) is 18.3. The number of benzene rings is 2. The van der Waals surface area contributed by atoms with Crippen LogP contribution in [0.15, 0.2) is 48.5 Å². The Kier molecular flexibility index (Phi) is 4.89. The van der Waals surface area contributed by atoms with Crippen LogP contribution < -0.4 is 9.47 Å². The SMILES string of the molecule is O=C(O)c1ccc(O[C@H]2CO[C@H]3[C@@H]2OC[C@H]3Oc2ccc(C(=O)O)cc2)cc1. The summed E-state index contributed by atoms with van der Waals surface area (Å²) in [6.07, 6.45) is -1.27. The minimum atomic E-state index is -0.994. The molecule has 2 aromatic carbocycles. The summed E-state index contributed by atoms with van der Waals surface area (Å²) in [6, 6.07) is 12.3. The van der Waals surface area contributed by atoms with Crippen LogP contribution in [-0.2, 0) is 9.47 Å². The summed E-state index contributed by atoms with van der Waals surface area (Å²) >= 11 is 0. The summed E-state index contributed by atoms with van der Waals surface area (Å²) in [5.74, 6) is -0.911. The summed E-state index contributed by atoms with van der Waals surface area (Å²) in [4.78, 5) is 21.8. The molecule has 2 fully saturated rings. The number of carboxylic acid groups (broad SMARTS) is 2. The lowest BCUT2D eigenvalue weighted by atomic mass is 10.1. The van der Waals surface area contributed by atoms with Gasteiger partial charge in [0.2, 0.25) is 0 Å². The molecule has 0 unspecified atom stereocenters. The molecule has 4 atom stereocenters. The predicted molar refractivity (Wildman–Crippen MR) is 95.1 cm³/mol. The number of ether oxygens (including phenoxy) is 4. The van der Waals surface area contributed by atoms with Crippen molar-refractivity contribution in [2.45, 2.75) is 24.4 Å². The number of rotatable bonds is 6. The van der Waals surface area contributed by atoms with E-state index in [1.807, 2.05) is 0 Å². The van der Waals surface area contributed by atoms with E-state index in [4.69, 9.17) is 29.2 Å². The van der Waals surface area contributed by atoms with E-state index in [1.54, 1.807) is 24.3 Å². The molecule has 0 radical (unpaired) electrons. The predicted octanol–water partition coefficient (Wildman–Crippen LogP) is 2.08. The summed E-state index contributed by atoms with van der Waals surface area (Å²) < 4.78 is 23.4. The van der Waals surface area contributed by atoms with Crippen molar-refractivity contribution in [2.24, 2.45) is 0 Å². The Morgan fingerprint density at radius 1 is 0.714 bits per heavy atom. The summed E-state index contributed by atoms with van der Waals surface area (Å²) in [5, 5.41) is 17.9. The molecule has 0 aromatic heterocycles. The molecule has 2 aromatic rings. The van der Waals surface area contributed by atoms with E-state index < -0.39 is 11.9 Å². The van der Waals surface area contributed by atoms with Crippen LogP contribution in [0.2, 0.25) is 0 Å². The van der Waals surface area contributed by atoms with Gasteiger partial charge in [-0.3, -0.25) is 0 Å². The average molecular weight is 386 g/mol. The van der Waals surface area contributed by atoms with Gasteiger partial charge in [0.05, 0.1) is 24.3 Å². The Bertz CT molecular complexity index is 787. The molecule has 146 valence electrons. The molecule has 2 aliphatic heterocycles. The molecular formula is C20H18O8. The second-order valence-electron chi connectivity index (χ2n) is 6.57. The average Bonchev–Trinajstić information content (AvgIpc) is 3.26. The molecule has 8 nitrogen and oxygen atoms in total. The lowest BCUT2D eigenvalue weighted by Crippen LogP contribution is -2.36. The lowest BCUT2D eigenvalue weighted by molar-refractivity contribution is 0.0181. The number of carboxylic acids is 2. The fourth-order valence-electron chi connectivity index (χ4n) is 3.33. The van der Waals surface area contributed by atoms with E-state index in [9.17, 15) is 9.59 Å². The first-order valence-electron chi connectivity index (χ1n) is 8.74. The van der Waals surface area contributed by atoms with Crippen molar-refractivity contribution in [3.05, 3.63) is 59.7 Å². The highest BCUT2D eigenvalue weighted by Crippen LogP contribution is 2.32. The Morgan fingerprint density at radius 2 is 1.07 bits per heavy atom. The zero-order chi connectivity index (χ0) is 19.7. The van der Waals surface area contributed by atoms with Gasteiger partial charge in [0, 0.05) is 0 Å².